The third-order valence-electron chi connectivity index (χ3n) is 5.04. The molecule has 3 aromatic heterocycles. The minimum Gasteiger partial charge on any atom is -0.360 e. The fourth-order valence-electron chi connectivity index (χ4n) is 3.63. The smallest absolute Gasteiger partial charge is 0.196 e. The Bertz CT molecular complexity index is 1230. The van der Waals surface area contributed by atoms with Gasteiger partial charge in [-0.15, -0.1) is 10.2 Å². The Hall–Kier alpha value is -3.13. The molecule has 0 saturated carbocycles. The first-order chi connectivity index (χ1) is 14.3. The van der Waals surface area contributed by atoms with Gasteiger partial charge < -0.3 is 4.52 Å². The number of ketones is 1. The topological polar surface area (TPSA) is 78.7 Å². The van der Waals surface area contributed by atoms with Crippen LogP contribution < -0.4 is 0 Å². The van der Waals surface area contributed by atoms with Gasteiger partial charge >= 0.3 is 0 Å². The predicted molar refractivity (Wildman–Crippen MR) is 116 cm³/mol. The molecule has 0 N–H and O–H groups in total. The van der Waals surface area contributed by atoms with Gasteiger partial charge in [0.1, 0.15) is 12.1 Å². The van der Waals surface area contributed by atoms with E-state index in [9.17, 15) is 4.79 Å². The van der Waals surface area contributed by atoms with Crippen molar-refractivity contribution in [3.05, 3.63) is 70.5 Å². The summed E-state index contributed by atoms with van der Waals surface area (Å²) in [6.45, 7) is 9.85. The number of Topliss-reactive ketones (excluding diaryl/α,β-unsaturated/α-hetero) is 1. The van der Waals surface area contributed by atoms with Crippen molar-refractivity contribution >= 4 is 17.5 Å². The first-order valence-electron chi connectivity index (χ1n) is 9.61. The number of carbonyl (C=O) groups excluding carboxylic acids is 1. The molecule has 0 fully saturated rings. The van der Waals surface area contributed by atoms with Gasteiger partial charge in [-0.1, -0.05) is 34.6 Å². The van der Waals surface area contributed by atoms with E-state index in [0.29, 0.717) is 16.5 Å². The Morgan fingerprint density at radius 2 is 1.90 bits per heavy atom. The van der Waals surface area contributed by atoms with Crippen LogP contribution in [0.3, 0.4) is 0 Å². The van der Waals surface area contributed by atoms with Crippen LogP contribution >= 0.6 is 11.8 Å². The SMILES string of the molecule is Cc1ccc(-n2cnnc2SCC(=O)c2cc(C)n(-c3cc(C)on3)c2C)c(C)c1. The first-order valence-corrected chi connectivity index (χ1v) is 10.6. The van der Waals surface area contributed by atoms with E-state index >= 15 is 0 Å². The second kappa shape index (κ2) is 7.95. The highest BCUT2D eigenvalue weighted by atomic mass is 32.2. The van der Waals surface area contributed by atoms with Crippen molar-refractivity contribution in [1.82, 2.24) is 24.5 Å². The summed E-state index contributed by atoms with van der Waals surface area (Å²) in [6, 6.07) is 9.98. The number of carbonyl (C=O) groups is 1. The molecule has 0 bridgehead atoms. The van der Waals surface area contributed by atoms with Crippen molar-refractivity contribution < 1.29 is 9.32 Å². The fraction of sp³-hybridized carbons (Fsp3) is 0.273. The minimum atomic E-state index is 0.0368. The molecule has 4 aromatic rings. The molecule has 8 heteroatoms. The van der Waals surface area contributed by atoms with Gasteiger partial charge in [-0.3, -0.25) is 13.9 Å². The maximum absolute atomic E-state index is 13.0. The van der Waals surface area contributed by atoms with Gasteiger partial charge in [0.25, 0.3) is 0 Å². The monoisotopic (exact) mass is 421 g/mol. The van der Waals surface area contributed by atoms with Crippen LogP contribution in [0.1, 0.15) is 38.6 Å². The maximum atomic E-state index is 13.0. The van der Waals surface area contributed by atoms with Gasteiger partial charge in [0.15, 0.2) is 16.8 Å². The molecule has 0 radical (unpaired) electrons. The van der Waals surface area contributed by atoms with Gasteiger partial charge in [0.2, 0.25) is 0 Å². The van der Waals surface area contributed by atoms with Crippen LogP contribution in [0.5, 0.6) is 0 Å². The van der Waals surface area contributed by atoms with Crippen molar-refractivity contribution in [3.63, 3.8) is 0 Å². The van der Waals surface area contributed by atoms with Crippen LogP contribution in [0.4, 0.5) is 0 Å². The number of benzene rings is 1. The van der Waals surface area contributed by atoms with E-state index in [1.165, 1.54) is 17.3 Å². The molecule has 154 valence electrons. The molecule has 0 unspecified atom stereocenters. The molecule has 3 heterocycles. The van der Waals surface area contributed by atoms with Crippen LogP contribution in [0.25, 0.3) is 11.5 Å². The quantitative estimate of drug-likeness (QED) is 0.335. The Balaban J connectivity index is 1.55. The Labute approximate surface area is 179 Å². The number of aromatic nitrogens is 5. The van der Waals surface area contributed by atoms with Crippen molar-refractivity contribution in [3.8, 4) is 11.5 Å². The summed E-state index contributed by atoms with van der Waals surface area (Å²) < 4.78 is 9.05. The zero-order valence-electron chi connectivity index (χ0n) is 17.6. The Morgan fingerprint density at radius 3 is 2.60 bits per heavy atom. The van der Waals surface area contributed by atoms with E-state index < -0.39 is 0 Å². The molecule has 4 rings (SSSR count). The number of nitrogens with zero attached hydrogens (tertiary/aromatic N) is 5. The average Bonchev–Trinajstić information content (AvgIpc) is 3.39. The second-order valence-corrected chi connectivity index (χ2v) is 8.34. The molecule has 0 atom stereocenters. The lowest BCUT2D eigenvalue weighted by atomic mass is 10.1. The van der Waals surface area contributed by atoms with E-state index in [2.05, 4.69) is 41.3 Å². The van der Waals surface area contributed by atoms with Crippen LogP contribution in [-0.4, -0.2) is 36.0 Å². The van der Waals surface area contributed by atoms with Crippen molar-refractivity contribution in [2.45, 2.75) is 39.8 Å². The average molecular weight is 422 g/mol. The fourth-order valence-corrected chi connectivity index (χ4v) is 4.43. The highest BCUT2D eigenvalue weighted by molar-refractivity contribution is 7.99. The summed E-state index contributed by atoms with van der Waals surface area (Å²) in [5, 5.41) is 13.0. The normalized spacial score (nSPS) is 11.2. The van der Waals surface area contributed by atoms with Gasteiger partial charge in [-0.25, -0.2) is 0 Å². The largest absolute Gasteiger partial charge is 0.360 e. The zero-order valence-corrected chi connectivity index (χ0v) is 18.4. The van der Waals surface area contributed by atoms with Crippen molar-refractivity contribution in [1.29, 1.82) is 0 Å². The molecule has 1 aromatic carbocycles. The highest BCUT2D eigenvalue weighted by Gasteiger charge is 2.20. The minimum absolute atomic E-state index is 0.0368. The number of hydrogen-bond acceptors (Lipinski definition) is 6. The Kier molecular flexibility index (Phi) is 5.34. The van der Waals surface area contributed by atoms with Crippen LogP contribution in [-0.2, 0) is 0 Å². The van der Waals surface area contributed by atoms with E-state index in [1.807, 2.05) is 48.1 Å². The lowest BCUT2D eigenvalue weighted by Gasteiger charge is -2.10. The molecule has 0 amide bonds. The summed E-state index contributed by atoms with van der Waals surface area (Å²) in [5.74, 6) is 1.72. The zero-order chi connectivity index (χ0) is 21.4. The second-order valence-electron chi connectivity index (χ2n) is 7.40. The number of aryl methyl sites for hydroxylation is 4. The molecule has 0 aliphatic heterocycles. The summed E-state index contributed by atoms with van der Waals surface area (Å²) in [5.41, 5.74) is 5.81. The number of thioether (sulfide) groups is 1. The number of hydrogen-bond donors (Lipinski definition) is 0. The Morgan fingerprint density at radius 1 is 1.10 bits per heavy atom. The molecule has 0 aliphatic carbocycles. The van der Waals surface area contributed by atoms with Gasteiger partial charge in [0, 0.05) is 23.0 Å². The lowest BCUT2D eigenvalue weighted by Crippen LogP contribution is -2.07. The van der Waals surface area contributed by atoms with E-state index in [4.69, 9.17) is 4.52 Å². The molecule has 0 saturated heterocycles. The summed E-state index contributed by atoms with van der Waals surface area (Å²) >= 11 is 1.38. The van der Waals surface area contributed by atoms with Crippen LogP contribution in [0.15, 0.2) is 46.3 Å². The standard InChI is InChI=1S/C22H23N5O2S/c1-13-6-7-19(14(2)8-13)26-12-23-24-22(26)30-11-20(28)18-9-15(3)27(17(18)5)21-10-16(4)29-25-21/h6-10,12H,11H2,1-5H3. The van der Waals surface area contributed by atoms with Crippen LogP contribution in [0, 0.1) is 34.6 Å². The van der Waals surface area contributed by atoms with E-state index in [-0.39, 0.29) is 11.5 Å². The molecule has 30 heavy (non-hydrogen) atoms. The predicted octanol–water partition coefficient (Wildman–Crippen LogP) is 4.56. The molecule has 0 aliphatic rings. The van der Waals surface area contributed by atoms with E-state index in [1.54, 1.807) is 6.33 Å². The van der Waals surface area contributed by atoms with Crippen molar-refractivity contribution in [2.75, 3.05) is 5.75 Å². The molecular formula is C22H23N5O2S. The highest BCUT2D eigenvalue weighted by Crippen LogP contribution is 2.26. The number of rotatable bonds is 6. The van der Waals surface area contributed by atoms with E-state index in [0.717, 1.165) is 28.4 Å². The van der Waals surface area contributed by atoms with Gasteiger partial charge in [-0.05, 0) is 52.3 Å². The van der Waals surface area contributed by atoms with Crippen LogP contribution in [0.2, 0.25) is 0 Å². The molecular weight excluding hydrogens is 398 g/mol. The summed E-state index contributed by atoms with van der Waals surface area (Å²) in [4.78, 5) is 13.0. The lowest BCUT2D eigenvalue weighted by molar-refractivity contribution is 0.102. The molecule has 7 nitrogen and oxygen atoms in total. The third kappa shape index (κ3) is 3.70. The van der Waals surface area contributed by atoms with Crippen molar-refractivity contribution in [2.24, 2.45) is 0 Å². The summed E-state index contributed by atoms with van der Waals surface area (Å²) in [6.07, 6.45) is 1.68. The summed E-state index contributed by atoms with van der Waals surface area (Å²) in [7, 11) is 0. The van der Waals surface area contributed by atoms with Gasteiger partial charge in [-0.2, -0.15) is 0 Å². The maximum Gasteiger partial charge on any atom is 0.196 e. The first kappa shape index (κ1) is 20.2. The third-order valence-corrected chi connectivity index (χ3v) is 5.98. The molecule has 0 spiro atoms. The van der Waals surface area contributed by atoms with Gasteiger partial charge in [0.05, 0.1) is 11.4 Å².